The minimum atomic E-state index is -0.0269. The molecule has 3 heterocycles. The molecule has 0 radical (unpaired) electrons. The summed E-state index contributed by atoms with van der Waals surface area (Å²) in [6, 6.07) is 11.6. The van der Waals surface area contributed by atoms with Crippen molar-refractivity contribution < 1.29 is 9.53 Å². The molecule has 6 nitrogen and oxygen atoms in total. The molecule has 0 N–H and O–H groups in total. The Balaban J connectivity index is 1.38. The van der Waals surface area contributed by atoms with Crippen LogP contribution in [0.5, 0.6) is 5.75 Å². The third-order valence-electron chi connectivity index (χ3n) is 4.80. The van der Waals surface area contributed by atoms with Crippen LogP contribution in [0, 0.1) is 0 Å². The van der Waals surface area contributed by atoms with E-state index in [0.717, 1.165) is 35.2 Å². The summed E-state index contributed by atoms with van der Waals surface area (Å²) in [5.74, 6) is 1.68. The van der Waals surface area contributed by atoms with Gasteiger partial charge in [0.25, 0.3) is 5.91 Å². The van der Waals surface area contributed by atoms with Crippen LogP contribution in [0.4, 0.5) is 5.82 Å². The third-order valence-corrected chi connectivity index (χ3v) is 5.91. The van der Waals surface area contributed by atoms with Gasteiger partial charge in [-0.1, -0.05) is 11.6 Å². The van der Waals surface area contributed by atoms with Crippen molar-refractivity contribution in [1.29, 1.82) is 0 Å². The number of amides is 1. The summed E-state index contributed by atoms with van der Waals surface area (Å²) in [7, 11) is 0. The van der Waals surface area contributed by atoms with Gasteiger partial charge in [-0.05, 0) is 50.2 Å². The van der Waals surface area contributed by atoms with Crippen molar-refractivity contribution in [3.8, 4) is 16.3 Å². The number of rotatable bonds is 5. The van der Waals surface area contributed by atoms with E-state index >= 15 is 0 Å². The molecular weight excluding hydrogens is 420 g/mol. The molecule has 4 rings (SSSR count). The summed E-state index contributed by atoms with van der Waals surface area (Å²) >= 11 is 7.39. The predicted octanol–water partition coefficient (Wildman–Crippen LogP) is 4.61. The molecule has 1 amide bonds. The maximum atomic E-state index is 12.9. The molecule has 0 saturated carbocycles. The van der Waals surface area contributed by atoms with Crippen molar-refractivity contribution in [3.63, 3.8) is 0 Å². The second kappa shape index (κ2) is 9.02. The highest BCUT2D eigenvalue weighted by Crippen LogP contribution is 2.27. The van der Waals surface area contributed by atoms with Crippen molar-refractivity contribution in [2.75, 3.05) is 31.1 Å². The van der Waals surface area contributed by atoms with Gasteiger partial charge in [-0.15, -0.1) is 11.3 Å². The number of ether oxygens (including phenoxy) is 1. The minimum absolute atomic E-state index is 0.0269. The molecule has 2 aromatic heterocycles. The Bertz CT molecular complexity index is 997. The summed E-state index contributed by atoms with van der Waals surface area (Å²) in [5.41, 5.74) is 1.48. The van der Waals surface area contributed by atoms with Gasteiger partial charge in [0.15, 0.2) is 0 Å². The summed E-state index contributed by atoms with van der Waals surface area (Å²) in [5, 5.41) is 3.29. The van der Waals surface area contributed by atoms with E-state index in [1.54, 1.807) is 6.20 Å². The second-order valence-electron chi connectivity index (χ2n) is 7.34. The zero-order valence-corrected chi connectivity index (χ0v) is 18.5. The summed E-state index contributed by atoms with van der Waals surface area (Å²) in [6.45, 7) is 6.73. The molecule has 0 atom stereocenters. The average Bonchev–Trinajstić information content (AvgIpc) is 3.24. The SMILES string of the molecule is CC(C)Oc1ccc(-c2nc(C(=O)N3CCN(c4ccc(Cl)cn4)CC3)cs2)cc1. The number of carbonyl (C=O) groups excluding carboxylic acids is 1. The first-order valence-corrected chi connectivity index (χ1v) is 11.1. The highest BCUT2D eigenvalue weighted by atomic mass is 35.5. The van der Waals surface area contributed by atoms with Crippen LogP contribution < -0.4 is 9.64 Å². The van der Waals surface area contributed by atoms with Gasteiger partial charge in [0.05, 0.1) is 11.1 Å². The Labute approximate surface area is 185 Å². The standard InChI is InChI=1S/C22H23ClN4O2S/c1-15(2)29-18-6-3-16(4-7-18)21-25-19(14-30-21)22(28)27-11-9-26(10-12-27)20-8-5-17(23)13-24-20/h3-8,13-15H,9-12H2,1-2H3. The van der Waals surface area contributed by atoms with Gasteiger partial charge in [0, 0.05) is 43.3 Å². The van der Waals surface area contributed by atoms with E-state index in [-0.39, 0.29) is 12.0 Å². The highest BCUT2D eigenvalue weighted by molar-refractivity contribution is 7.13. The number of hydrogen-bond donors (Lipinski definition) is 0. The van der Waals surface area contributed by atoms with Gasteiger partial charge in [-0.25, -0.2) is 9.97 Å². The molecule has 1 saturated heterocycles. The Morgan fingerprint density at radius 1 is 1.10 bits per heavy atom. The minimum Gasteiger partial charge on any atom is -0.491 e. The molecule has 0 bridgehead atoms. The smallest absolute Gasteiger partial charge is 0.273 e. The number of carbonyl (C=O) groups is 1. The second-order valence-corrected chi connectivity index (χ2v) is 8.64. The van der Waals surface area contributed by atoms with Gasteiger partial charge in [-0.2, -0.15) is 0 Å². The lowest BCUT2D eigenvalue weighted by atomic mass is 10.2. The number of pyridine rings is 1. The fourth-order valence-corrected chi connectivity index (χ4v) is 4.22. The van der Waals surface area contributed by atoms with Crippen LogP contribution in [0.15, 0.2) is 48.0 Å². The molecule has 8 heteroatoms. The van der Waals surface area contributed by atoms with Gasteiger partial charge in [0.1, 0.15) is 22.3 Å². The number of anilines is 1. The Morgan fingerprint density at radius 2 is 1.83 bits per heavy atom. The molecule has 1 aliphatic rings. The topological polar surface area (TPSA) is 58.6 Å². The van der Waals surface area contributed by atoms with Gasteiger partial charge in [-0.3, -0.25) is 4.79 Å². The van der Waals surface area contributed by atoms with Crippen molar-refractivity contribution in [2.45, 2.75) is 20.0 Å². The van der Waals surface area contributed by atoms with E-state index in [1.165, 1.54) is 11.3 Å². The number of thiazole rings is 1. The number of aromatic nitrogens is 2. The first kappa shape index (κ1) is 20.6. The van der Waals surface area contributed by atoms with Crippen LogP contribution in [0.25, 0.3) is 10.6 Å². The van der Waals surface area contributed by atoms with Crippen molar-refractivity contribution in [2.24, 2.45) is 0 Å². The zero-order chi connectivity index (χ0) is 21.1. The lowest BCUT2D eigenvalue weighted by Gasteiger charge is -2.35. The molecule has 0 aliphatic carbocycles. The fourth-order valence-electron chi connectivity index (χ4n) is 3.31. The van der Waals surface area contributed by atoms with Gasteiger partial charge < -0.3 is 14.5 Å². The van der Waals surface area contributed by atoms with Crippen LogP contribution >= 0.6 is 22.9 Å². The van der Waals surface area contributed by atoms with Crippen LogP contribution in [0.3, 0.4) is 0 Å². The first-order chi connectivity index (χ1) is 14.5. The number of hydrogen-bond acceptors (Lipinski definition) is 6. The van der Waals surface area contributed by atoms with E-state index < -0.39 is 0 Å². The zero-order valence-electron chi connectivity index (χ0n) is 16.9. The lowest BCUT2D eigenvalue weighted by molar-refractivity contribution is 0.0741. The number of benzene rings is 1. The summed E-state index contributed by atoms with van der Waals surface area (Å²) < 4.78 is 5.68. The van der Waals surface area contributed by atoms with E-state index in [2.05, 4.69) is 14.9 Å². The number of nitrogens with zero attached hydrogens (tertiary/aromatic N) is 4. The molecule has 0 spiro atoms. The summed E-state index contributed by atoms with van der Waals surface area (Å²) in [4.78, 5) is 25.9. The molecule has 30 heavy (non-hydrogen) atoms. The van der Waals surface area contributed by atoms with Gasteiger partial charge in [0.2, 0.25) is 0 Å². The molecular formula is C22H23ClN4O2S. The molecule has 156 valence electrons. The van der Waals surface area contributed by atoms with E-state index in [9.17, 15) is 4.79 Å². The van der Waals surface area contributed by atoms with E-state index in [4.69, 9.17) is 16.3 Å². The average molecular weight is 443 g/mol. The van der Waals surface area contributed by atoms with E-state index in [1.807, 2.05) is 60.5 Å². The van der Waals surface area contributed by atoms with E-state index in [0.29, 0.717) is 23.8 Å². The Morgan fingerprint density at radius 3 is 2.47 bits per heavy atom. The molecule has 1 aliphatic heterocycles. The van der Waals surface area contributed by atoms with Gasteiger partial charge >= 0.3 is 0 Å². The molecule has 1 aromatic carbocycles. The number of halogens is 1. The first-order valence-electron chi connectivity index (χ1n) is 9.88. The Kier molecular flexibility index (Phi) is 6.20. The lowest BCUT2D eigenvalue weighted by Crippen LogP contribution is -2.49. The van der Waals surface area contributed by atoms with Crippen LogP contribution in [-0.4, -0.2) is 53.1 Å². The quantitative estimate of drug-likeness (QED) is 0.577. The van der Waals surface area contributed by atoms with Crippen molar-refractivity contribution in [1.82, 2.24) is 14.9 Å². The third kappa shape index (κ3) is 4.74. The monoisotopic (exact) mass is 442 g/mol. The molecule has 0 unspecified atom stereocenters. The fraction of sp³-hybridized carbons (Fsp3) is 0.318. The van der Waals surface area contributed by atoms with Crippen molar-refractivity contribution >= 4 is 34.7 Å². The predicted molar refractivity (Wildman–Crippen MR) is 121 cm³/mol. The summed E-state index contributed by atoms with van der Waals surface area (Å²) in [6.07, 6.45) is 1.78. The van der Waals surface area contributed by atoms with Crippen LogP contribution in [-0.2, 0) is 0 Å². The Hall–Kier alpha value is -2.64. The van der Waals surface area contributed by atoms with Crippen LogP contribution in [0.1, 0.15) is 24.3 Å². The molecule has 1 fully saturated rings. The normalized spacial score (nSPS) is 14.3. The largest absolute Gasteiger partial charge is 0.491 e. The highest BCUT2D eigenvalue weighted by Gasteiger charge is 2.24. The number of piperazine rings is 1. The van der Waals surface area contributed by atoms with Crippen LogP contribution in [0.2, 0.25) is 5.02 Å². The molecule has 3 aromatic rings. The maximum Gasteiger partial charge on any atom is 0.273 e. The maximum absolute atomic E-state index is 12.9. The van der Waals surface area contributed by atoms with Crippen molar-refractivity contribution in [3.05, 3.63) is 58.7 Å².